The molecule has 0 radical (unpaired) electrons. The quantitative estimate of drug-likeness (QED) is 0.493. The number of benzene rings is 1. The molecule has 1 saturated heterocycles. The first kappa shape index (κ1) is 15.8. The summed E-state index contributed by atoms with van der Waals surface area (Å²) in [7, 11) is 1.44. The number of aliphatic hydroxyl groups excluding tert-OH is 1. The van der Waals surface area contributed by atoms with Crippen molar-refractivity contribution >= 4 is 0 Å². The lowest BCUT2D eigenvalue weighted by atomic mass is 10.0. The Morgan fingerprint density at radius 1 is 1.43 bits per heavy atom. The van der Waals surface area contributed by atoms with Crippen molar-refractivity contribution < 1.29 is 19.3 Å². The first-order valence-corrected chi connectivity index (χ1v) is 6.76. The van der Waals surface area contributed by atoms with Crippen LogP contribution in [0.1, 0.15) is 12.0 Å². The summed E-state index contributed by atoms with van der Waals surface area (Å²) in [4.78, 5) is 2.75. The third-order valence-corrected chi connectivity index (χ3v) is 3.35. The van der Waals surface area contributed by atoms with Crippen LogP contribution in [0.15, 0.2) is 35.4 Å². The van der Waals surface area contributed by atoms with E-state index in [-0.39, 0.29) is 6.10 Å². The predicted octanol–water partition coefficient (Wildman–Crippen LogP) is 2.00. The Morgan fingerprint density at radius 3 is 2.86 bits per heavy atom. The van der Waals surface area contributed by atoms with Gasteiger partial charge in [-0.25, -0.2) is 0 Å². The van der Waals surface area contributed by atoms with Gasteiger partial charge in [-0.1, -0.05) is 35.4 Å². The lowest BCUT2D eigenvalue weighted by molar-refractivity contribution is -0.242. The minimum absolute atomic E-state index is 0.280. The fourth-order valence-corrected chi connectivity index (χ4v) is 2.28. The summed E-state index contributed by atoms with van der Waals surface area (Å²) >= 11 is 0. The van der Waals surface area contributed by atoms with Gasteiger partial charge in [0.15, 0.2) is 6.29 Å². The molecule has 2 rings (SSSR count). The van der Waals surface area contributed by atoms with E-state index in [9.17, 15) is 5.11 Å². The molecule has 0 aliphatic carbocycles. The van der Waals surface area contributed by atoms with Gasteiger partial charge in [0.25, 0.3) is 0 Å². The topological polar surface area (TPSA) is 96.7 Å². The highest BCUT2D eigenvalue weighted by Crippen LogP contribution is 2.24. The second-order valence-corrected chi connectivity index (χ2v) is 4.86. The van der Waals surface area contributed by atoms with Gasteiger partial charge >= 0.3 is 0 Å². The molecule has 21 heavy (non-hydrogen) atoms. The second-order valence-electron chi connectivity index (χ2n) is 4.86. The predicted molar refractivity (Wildman–Crippen MR) is 75.3 cm³/mol. The summed E-state index contributed by atoms with van der Waals surface area (Å²) in [6.07, 6.45) is -1.65. The molecule has 1 aromatic rings. The van der Waals surface area contributed by atoms with Crippen molar-refractivity contribution in [3.8, 4) is 0 Å². The highest BCUT2D eigenvalue weighted by atomic mass is 16.7. The Bertz CT molecular complexity index is 478. The van der Waals surface area contributed by atoms with Gasteiger partial charge in [0.05, 0.1) is 25.4 Å². The van der Waals surface area contributed by atoms with Crippen molar-refractivity contribution in [2.24, 2.45) is 5.11 Å². The van der Waals surface area contributed by atoms with Gasteiger partial charge in [0.1, 0.15) is 6.10 Å². The van der Waals surface area contributed by atoms with Crippen molar-refractivity contribution in [2.45, 2.75) is 37.6 Å². The van der Waals surface area contributed by atoms with Crippen LogP contribution < -0.4 is 0 Å². The van der Waals surface area contributed by atoms with E-state index >= 15 is 0 Å². The van der Waals surface area contributed by atoms with Gasteiger partial charge in [0.2, 0.25) is 0 Å². The Kier molecular flexibility index (Phi) is 5.98. The molecule has 0 amide bonds. The van der Waals surface area contributed by atoms with Crippen LogP contribution in [0.3, 0.4) is 0 Å². The number of hydrogen-bond donors (Lipinski definition) is 1. The van der Waals surface area contributed by atoms with Crippen LogP contribution in [0, 0.1) is 0 Å². The fraction of sp³-hybridized carbons (Fsp3) is 0.571. The van der Waals surface area contributed by atoms with E-state index in [2.05, 4.69) is 10.0 Å². The SMILES string of the molecule is CO[C@@H]1O[C@H](COCc2ccccc2)C[C@H](N=[N+]=[N-])[C@H]1O. The highest BCUT2D eigenvalue weighted by Gasteiger charge is 2.37. The maximum atomic E-state index is 9.93. The number of rotatable bonds is 6. The molecule has 0 aromatic heterocycles. The van der Waals surface area contributed by atoms with E-state index < -0.39 is 18.4 Å². The molecule has 0 unspecified atom stereocenters. The molecule has 1 fully saturated rings. The zero-order chi connectivity index (χ0) is 15.1. The number of aliphatic hydroxyl groups is 1. The van der Waals surface area contributed by atoms with E-state index in [1.807, 2.05) is 30.3 Å². The van der Waals surface area contributed by atoms with E-state index in [1.165, 1.54) is 7.11 Å². The number of azide groups is 1. The van der Waals surface area contributed by atoms with Gasteiger partial charge in [-0.15, -0.1) is 0 Å². The smallest absolute Gasteiger partial charge is 0.183 e. The third-order valence-electron chi connectivity index (χ3n) is 3.35. The van der Waals surface area contributed by atoms with Gasteiger partial charge in [-0.3, -0.25) is 0 Å². The molecule has 4 atom stereocenters. The maximum absolute atomic E-state index is 9.93. The Balaban J connectivity index is 1.86. The Hall–Kier alpha value is -1.63. The van der Waals surface area contributed by atoms with Crippen molar-refractivity contribution in [3.63, 3.8) is 0 Å². The normalized spacial score (nSPS) is 28.9. The van der Waals surface area contributed by atoms with E-state index in [0.717, 1.165) is 5.56 Å². The zero-order valence-electron chi connectivity index (χ0n) is 11.8. The number of nitrogens with zero attached hydrogens (tertiary/aromatic N) is 3. The van der Waals surface area contributed by atoms with E-state index in [0.29, 0.717) is 19.6 Å². The summed E-state index contributed by atoms with van der Waals surface area (Å²) in [5.74, 6) is 0. The average Bonchev–Trinajstić information content (AvgIpc) is 2.51. The van der Waals surface area contributed by atoms with Crippen LogP contribution in [-0.2, 0) is 20.8 Å². The second kappa shape index (κ2) is 7.97. The molecule has 0 bridgehead atoms. The monoisotopic (exact) mass is 293 g/mol. The molecule has 1 aliphatic heterocycles. The van der Waals surface area contributed by atoms with Crippen LogP contribution in [0.25, 0.3) is 10.4 Å². The summed E-state index contributed by atoms with van der Waals surface area (Å²) in [5, 5.41) is 13.5. The van der Waals surface area contributed by atoms with Crippen molar-refractivity contribution in [2.75, 3.05) is 13.7 Å². The minimum atomic E-state index is -0.962. The molecule has 7 heteroatoms. The molecular formula is C14H19N3O4. The van der Waals surface area contributed by atoms with Crippen molar-refractivity contribution in [1.82, 2.24) is 0 Å². The molecule has 0 saturated carbocycles. The number of hydrogen-bond acceptors (Lipinski definition) is 5. The van der Waals surface area contributed by atoms with Gasteiger partial charge in [0, 0.05) is 12.0 Å². The zero-order valence-corrected chi connectivity index (χ0v) is 11.8. The Labute approximate surface area is 123 Å². The van der Waals surface area contributed by atoms with Crippen molar-refractivity contribution in [1.29, 1.82) is 0 Å². The third kappa shape index (κ3) is 4.42. The summed E-state index contributed by atoms with van der Waals surface area (Å²) in [5.41, 5.74) is 9.61. The van der Waals surface area contributed by atoms with Crippen LogP contribution in [0.2, 0.25) is 0 Å². The summed E-state index contributed by atoms with van der Waals surface area (Å²) in [6.45, 7) is 0.825. The van der Waals surface area contributed by atoms with E-state index in [4.69, 9.17) is 19.7 Å². The van der Waals surface area contributed by atoms with Crippen LogP contribution in [0.4, 0.5) is 0 Å². The minimum Gasteiger partial charge on any atom is -0.387 e. The summed E-state index contributed by atoms with van der Waals surface area (Å²) in [6, 6.07) is 9.23. The van der Waals surface area contributed by atoms with Gasteiger partial charge in [-0.05, 0) is 17.5 Å². The lowest BCUT2D eigenvalue weighted by Crippen LogP contribution is -2.49. The van der Waals surface area contributed by atoms with E-state index in [1.54, 1.807) is 0 Å². The largest absolute Gasteiger partial charge is 0.387 e. The molecule has 1 aliphatic rings. The number of methoxy groups -OCH3 is 1. The van der Waals surface area contributed by atoms with Crippen LogP contribution in [0.5, 0.6) is 0 Å². The van der Waals surface area contributed by atoms with Crippen LogP contribution in [-0.4, -0.2) is 43.4 Å². The molecule has 7 nitrogen and oxygen atoms in total. The molecular weight excluding hydrogens is 274 g/mol. The first-order valence-electron chi connectivity index (χ1n) is 6.76. The average molecular weight is 293 g/mol. The maximum Gasteiger partial charge on any atom is 0.183 e. The summed E-state index contributed by atoms with van der Waals surface area (Å²) < 4.78 is 16.3. The molecule has 1 N–H and O–H groups in total. The fourth-order valence-electron chi connectivity index (χ4n) is 2.28. The number of ether oxygens (including phenoxy) is 3. The molecule has 0 spiro atoms. The van der Waals surface area contributed by atoms with Gasteiger partial charge < -0.3 is 19.3 Å². The van der Waals surface area contributed by atoms with Crippen molar-refractivity contribution in [3.05, 3.63) is 46.3 Å². The highest BCUT2D eigenvalue weighted by molar-refractivity contribution is 5.13. The lowest BCUT2D eigenvalue weighted by Gasteiger charge is -2.36. The van der Waals surface area contributed by atoms with Crippen LogP contribution >= 0.6 is 0 Å². The molecule has 114 valence electrons. The molecule has 1 aromatic carbocycles. The van der Waals surface area contributed by atoms with Gasteiger partial charge in [-0.2, -0.15) is 0 Å². The molecule has 1 heterocycles. The standard InChI is InChI=1S/C14H19N3O4/c1-19-14-13(18)12(16-17-15)7-11(21-14)9-20-8-10-5-3-2-4-6-10/h2-6,11-14,18H,7-9H2,1H3/t11-,12-,13+,14+/m0/s1. The first-order chi connectivity index (χ1) is 10.2. The Morgan fingerprint density at radius 2 is 2.19 bits per heavy atom.